The van der Waals surface area contributed by atoms with E-state index in [4.69, 9.17) is 4.42 Å². The van der Waals surface area contributed by atoms with Crippen molar-refractivity contribution in [1.29, 1.82) is 0 Å². The normalized spacial score (nSPS) is 11.8. The first kappa shape index (κ1) is 26.1. The zero-order valence-corrected chi connectivity index (χ0v) is 25.6. The van der Waals surface area contributed by atoms with Crippen molar-refractivity contribution in [2.45, 2.75) is 0 Å². The number of rotatable bonds is 3. The molecule has 10 aromatic rings. The van der Waals surface area contributed by atoms with Crippen LogP contribution in [0.1, 0.15) is 0 Å². The summed E-state index contributed by atoms with van der Waals surface area (Å²) in [5.41, 5.74) is 9.05. The molecule has 10 rings (SSSR count). The molecule has 0 bridgehead atoms. The van der Waals surface area contributed by atoms with Crippen LogP contribution in [0.25, 0.3) is 98.4 Å². The Hall–Kier alpha value is -6.18. The Morgan fingerprint density at radius 2 is 0.851 bits per heavy atom. The Kier molecular flexibility index (Phi) is 5.64. The monoisotopic (exact) mass is 596 g/mol. The first-order valence-electron chi connectivity index (χ1n) is 16.2. The lowest BCUT2D eigenvalue weighted by Crippen LogP contribution is -1.91. The van der Waals surface area contributed by atoms with Crippen molar-refractivity contribution in [2.24, 2.45) is 0 Å². The van der Waals surface area contributed by atoms with E-state index in [1.807, 2.05) is 0 Å². The van der Waals surface area contributed by atoms with E-state index in [0.717, 1.165) is 27.5 Å². The quantitative estimate of drug-likeness (QED) is 0.185. The van der Waals surface area contributed by atoms with Crippen molar-refractivity contribution in [3.05, 3.63) is 170 Å². The summed E-state index contributed by atoms with van der Waals surface area (Å²) in [6, 6.07) is 61.4. The first-order valence-corrected chi connectivity index (χ1v) is 16.2. The molecular weight excluding hydrogens is 569 g/mol. The molecule has 9 aromatic carbocycles. The SMILES string of the molecule is c1ccc2cc(-c3c4ccccc4c(-c4cccc5oc6c(-c7cccc8ccccc78)cccc6c45)c4ccccc34)ccc2c1. The van der Waals surface area contributed by atoms with E-state index in [1.165, 1.54) is 70.9 Å². The van der Waals surface area contributed by atoms with Crippen LogP contribution >= 0.6 is 0 Å². The average Bonchev–Trinajstić information content (AvgIpc) is 3.53. The van der Waals surface area contributed by atoms with Crippen LogP contribution < -0.4 is 0 Å². The van der Waals surface area contributed by atoms with Crippen molar-refractivity contribution in [3.63, 3.8) is 0 Å². The molecule has 0 N–H and O–H groups in total. The van der Waals surface area contributed by atoms with Gasteiger partial charge in [0.05, 0.1) is 0 Å². The number of hydrogen-bond acceptors (Lipinski definition) is 1. The summed E-state index contributed by atoms with van der Waals surface area (Å²) in [6.07, 6.45) is 0. The summed E-state index contributed by atoms with van der Waals surface area (Å²) >= 11 is 0. The number of fused-ring (bicyclic) bond motifs is 7. The van der Waals surface area contributed by atoms with Gasteiger partial charge in [-0.1, -0.05) is 158 Å². The van der Waals surface area contributed by atoms with Gasteiger partial charge in [-0.2, -0.15) is 0 Å². The second-order valence-electron chi connectivity index (χ2n) is 12.4. The van der Waals surface area contributed by atoms with Crippen LogP contribution in [-0.4, -0.2) is 0 Å². The fourth-order valence-corrected chi connectivity index (χ4v) is 7.80. The zero-order valence-electron chi connectivity index (χ0n) is 25.6. The van der Waals surface area contributed by atoms with Crippen LogP contribution in [0.2, 0.25) is 0 Å². The van der Waals surface area contributed by atoms with Gasteiger partial charge in [0.2, 0.25) is 0 Å². The minimum atomic E-state index is 0.900. The average molecular weight is 597 g/mol. The molecule has 0 fully saturated rings. The van der Waals surface area contributed by atoms with Gasteiger partial charge in [-0.3, -0.25) is 0 Å². The topological polar surface area (TPSA) is 13.1 Å². The van der Waals surface area contributed by atoms with E-state index in [0.29, 0.717) is 0 Å². The second-order valence-corrected chi connectivity index (χ2v) is 12.4. The molecule has 0 saturated heterocycles. The summed E-state index contributed by atoms with van der Waals surface area (Å²) < 4.78 is 6.81. The van der Waals surface area contributed by atoms with Crippen LogP contribution in [-0.2, 0) is 0 Å². The zero-order chi connectivity index (χ0) is 30.9. The largest absolute Gasteiger partial charge is 0.455 e. The highest BCUT2D eigenvalue weighted by molar-refractivity contribution is 6.26. The molecule has 0 aliphatic heterocycles. The lowest BCUT2D eigenvalue weighted by Gasteiger charge is -2.18. The molecular formula is C46H28O. The third kappa shape index (κ3) is 3.90. The Labute approximate surface area is 271 Å². The Morgan fingerprint density at radius 1 is 0.319 bits per heavy atom. The standard InChI is InChI=1S/C46H28O/c1-2-14-31-28-32(27-26-29(31)12-1)43-35-17-5-7-19-37(35)44(38-20-8-6-18-36(38)43)40-23-11-25-42-45(40)41-24-10-22-39(46(41)47-42)34-21-9-15-30-13-3-4-16-33(30)34/h1-28H. The highest BCUT2D eigenvalue weighted by Crippen LogP contribution is 2.48. The van der Waals surface area contributed by atoms with Gasteiger partial charge < -0.3 is 4.42 Å². The van der Waals surface area contributed by atoms with Gasteiger partial charge >= 0.3 is 0 Å². The smallest absolute Gasteiger partial charge is 0.143 e. The number of benzene rings is 9. The number of furan rings is 1. The van der Waals surface area contributed by atoms with Crippen molar-refractivity contribution < 1.29 is 4.42 Å². The molecule has 1 heteroatoms. The van der Waals surface area contributed by atoms with Crippen LogP contribution in [0.3, 0.4) is 0 Å². The minimum Gasteiger partial charge on any atom is -0.455 e. The van der Waals surface area contributed by atoms with Gasteiger partial charge in [0.15, 0.2) is 0 Å². The van der Waals surface area contributed by atoms with Gasteiger partial charge in [-0.05, 0) is 83.0 Å². The van der Waals surface area contributed by atoms with E-state index in [2.05, 4.69) is 170 Å². The van der Waals surface area contributed by atoms with Crippen molar-refractivity contribution >= 4 is 65.0 Å². The third-order valence-electron chi connectivity index (χ3n) is 9.84. The summed E-state index contributed by atoms with van der Waals surface area (Å²) in [5, 5.41) is 12.2. The molecule has 0 amide bonds. The summed E-state index contributed by atoms with van der Waals surface area (Å²) in [4.78, 5) is 0. The fraction of sp³-hybridized carbons (Fsp3) is 0. The lowest BCUT2D eigenvalue weighted by atomic mass is 9.84. The third-order valence-corrected chi connectivity index (χ3v) is 9.84. The summed E-state index contributed by atoms with van der Waals surface area (Å²) in [7, 11) is 0. The van der Waals surface area contributed by atoms with Gasteiger partial charge in [-0.15, -0.1) is 0 Å². The van der Waals surface area contributed by atoms with Gasteiger partial charge in [0.25, 0.3) is 0 Å². The number of hydrogen-bond donors (Lipinski definition) is 0. The van der Waals surface area contributed by atoms with E-state index in [9.17, 15) is 0 Å². The van der Waals surface area contributed by atoms with Gasteiger partial charge in [0, 0.05) is 16.3 Å². The summed E-state index contributed by atoms with van der Waals surface area (Å²) in [5.74, 6) is 0. The maximum absolute atomic E-state index is 6.81. The lowest BCUT2D eigenvalue weighted by molar-refractivity contribution is 0.670. The molecule has 1 nitrogen and oxygen atoms in total. The molecule has 0 unspecified atom stereocenters. The molecule has 0 aliphatic carbocycles. The predicted octanol–water partition coefficient (Wildman–Crippen LogP) is 13.2. The molecule has 0 radical (unpaired) electrons. The fourth-order valence-electron chi connectivity index (χ4n) is 7.80. The first-order chi connectivity index (χ1) is 23.3. The molecule has 218 valence electrons. The van der Waals surface area contributed by atoms with Crippen molar-refractivity contribution in [3.8, 4) is 33.4 Å². The maximum atomic E-state index is 6.81. The van der Waals surface area contributed by atoms with E-state index >= 15 is 0 Å². The highest BCUT2D eigenvalue weighted by Gasteiger charge is 2.21. The van der Waals surface area contributed by atoms with Crippen LogP contribution in [0.15, 0.2) is 174 Å². The predicted molar refractivity (Wildman–Crippen MR) is 200 cm³/mol. The van der Waals surface area contributed by atoms with E-state index in [1.54, 1.807) is 0 Å². The molecule has 0 aliphatic rings. The molecule has 0 saturated carbocycles. The van der Waals surface area contributed by atoms with Crippen LogP contribution in [0.5, 0.6) is 0 Å². The Bertz CT molecular complexity index is 2790. The van der Waals surface area contributed by atoms with E-state index in [-0.39, 0.29) is 0 Å². The Morgan fingerprint density at radius 3 is 1.62 bits per heavy atom. The maximum Gasteiger partial charge on any atom is 0.143 e. The van der Waals surface area contributed by atoms with Gasteiger partial charge in [0.1, 0.15) is 11.2 Å². The second kappa shape index (κ2) is 10.2. The van der Waals surface area contributed by atoms with Crippen molar-refractivity contribution in [1.82, 2.24) is 0 Å². The van der Waals surface area contributed by atoms with Crippen LogP contribution in [0, 0.1) is 0 Å². The van der Waals surface area contributed by atoms with Crippen LogP contribution in [0.4, 0.5) is 0 Å². The molecule has 1 aromatic heterocycles. The summed E-state index contributed by atoms with van der Waals surface area (Å²) in [6.45, 7) is 0. The van der Waals surface area contributed by atoms with Crippen molar-refractivity contribution in [2.75, 3.05) is 0 Å². The Balaban J connectivity index is 1.30. The van der Waals surface area contributed by atoms with E-state index < -0.39 is 0 Å². The molecule has 47 heavy (non-hydrogen) atoms. The molecule has 1 heterocycles. The minimum absolute atomic E-state index is 0.900. The molecule has 0 spiro atoms. The highest BCUT2D eigenvalue weighted by atomic mass is 16.3. The van der Waals surface area contributed by atoms with Gasteiger partial charge in [-0.25, -0.2) is 0 Å². The number of para-hydroxylation sites is 1. The molecule has 0 atom stereocenters.